The Balaban J connectivity index is 3.29. The van der Waals surface area contributed by atoms with Crippen LogP contribution in [-0.4, -0.2) is 9.97 Å². The maximum atomic E-state index is 12.1. The van der Waals surface area contributed by atoms with Crippen molar-refractivity contribution in [3.05, 3.63) is 22.7 Å². The van der Waals surface area contributed by atoms with Gasteiger partial charge in [-0.05, 0) is 0 Å². The van der Waals surface area contributed by atoms with Crippen molar-refractivity contribution >= 4 is 11.6 Å². The lowest BCUT2D eigenvalue weighted by atomic mass is 10.4. The average molecular weight is 208 g/mol. The zero-order valence-electron chi connectivity index (χ0n) is 5.93. The first-order valence-electron chi connectivity index (χ1n) is 2.95. The molecule has 1 aromatic heterocycles. The highest BCUT2D eigenvalue weighted by molar-refractivity contribution is 6.30. The summed E-state index contributed by atoms with van der Waals surface area (Å²) in [5.41, 5.74) is -1.76. The van der Waals surface area contributed by atoms with Gasteiger partial charge in [-0.25, -0.2) is 9.97 Å². The molecule has 0 saturated heterocycles. The molecule has 0 radical (unpaired) electrons. The van der Waals surface area contributed by atoms with Crippen molar-refractivity contribution in [2.24, 2.45) is 0 Å². The smallest absolute Gasteiger partial charge is 0.239 e. The van der Waals surface area contributed by atoms with E-state index in [0.717, 1.165) is 6.20 Å². The number of alkyl halides is 3. The molecule has 68 valence electrons. The highest BCUT2D eigenvalue weighted by Crippen LogP contribution is 2.31. The first kappa shape index (κ1) is 9.74. The third kappa shape index (κ3) is 2.06. The Hall–Kier alpha value is -1.35. The Kier molecular flexibility index (Phi) is 2.38. The fourth-order valence-electron chi connectivity index (χ4n) is 0.609. The summed E-state index contributed by atoms with van der Waals surface area (Å²) in [5.74, 6) is 0. The van der Waals surface area contributed by atoms with Crippen LogP contribution in [0.3, 0.4) is 0 Å². The van der Waals surface area contributed by atoms with Gasteiger partial charge in [-0.15, -0.1) is 0 Å². The van der Waals surface area contributed by atoms with Crippen LogP contribution in [0.1, 0.15) is 11.4 Å². The Morgan fingerprint density at radius 2 is 2.08 bits per heavy atom. The molecule has 0 aliphatic rings. The van der Waals surface area contributed by atoms with E-state index in [4.69, 9.17) is 16.9 Å². The van der Waals surface area contributed by atoms with E-state index in [-0.39, 0.29) is 0 Å². The number of hydrogen-bond acceptors (Lipinski definition) is 3. The van der Waals surface area contributed by atoms with E-state index in [1.807, 2.05) is 0 Å². The summed E-state index contributed by atoms with van der Waals surface area (Å²) in [6, 6.07) is 1.43. The van der Waals surface area contributed by atoms with Crippen molar-refractivity contribution in [2.75, 3.05) is 0 Å². The number of rotatable bonds is 0. The number of aromatic nitrogens is 2. The largest absolute Gasteiger partial charge is 0.436 e. The predicted molar refractivity (Wildman–Crippen MR) is 36.8 cm³/mol. The molecule has 0 aliphatic heterocycles. The van der Waals surface area contributed by atoms with Crippen molar-refractivity contribution in [1.82, 2.24) is 9.97 Å². The van der Waals surface area contributed by atoms with Gasteiger partial charge in [-0.2, -0.15) is 18.4 Å². The molecular formula is C6HClF3N3. The van der Waals surface area contributed by atoms with E-state index in [1.54, 1.807) is 0 Å². The van der Waals surface area contributed by atoms with Crippen LogP contribution < -0.4 is 0 Å². The van der Waals surface area contributed by atoms with Crippen molar-refractivity contribution in [3.63, 3.8) is 0 Å². The fraction of sp³-hybridized carbons (Fsp3) is 0.167. The number of halogens is 4. The van der Waals surface area contributed by atoms with Gasteiger partial charge < -0.3 is 0 Å². The molecule has 0 bridgehead atoms. The molecule has 1 aromatic rings. The third-order valence-corrected chi connectivity index (χ3v) is 1.39. The molecule has 0 saturated carbocycles. The molecule has 0 aromatic carbocycles. The van der Waals surface area contributed by atoms with E-state index in [0.29, 0.717) is 0 Å². The summed E-state index contributed by atoms with van der Waals surface area (Å²) < 4.78 is 36.2. The second-order valence-corrected chi connectivity index (χ2v) is 2.36. The molecule has 0 amide bonds. The van der Waals surface area contributed by atoms with Crippen LogP contribution in [0.5, 0.6) is 0 Å². The quantitative estimate of drug-likeness (QED) is 0.654. The van der Waals surface area contributed by atoms with Gasteiger partial charge >= 0.3 is 6.18 Å². The minimum absolute atomic E-state index is 0.420. The molecule has 0 N–H and O–H groups in total. The zero-order valence-corrected chi connectivity index (χ0v) is 6.69. The van der Waals surface area contributed by atoms with Crippen molar-refractivity contribution in [1.29, 1.82) is 5.26 Å². The second-order valence-electron chi connectivity index (χ2n) is 2.00. The molecule has 3 nitrogen and oxygen atoms in total. The topological polar surface area (TPSA) is 49.6 Å². The van der Waals surface area contributed by atoms with Gasteiger partial charge in [0.1, 0.15) is 6.07 Å². The van der Waals surface area contributed by atoms with Gasteiger partial charge in [0.05, 0.1) is 6.20 Å². The minimum Gasteiger partial charge on any atom is -0.239 e. The van der Waals surface area contributed by atoms with Crippen LogP contribution in [-0.2, 0) is 6.18 Å². The van der Waals surface area contributed by atoms with E-state index in [1.165, 1.54) is 6.07 Å². The molecule has 0 unspecified atom stereocenters. The van der Waals surface area contributed by atoms with E-state index in [2.05, 4.69) is 9.97 Å². The minimum atomic E-state index is -4.68. The molecule has 0 spiro atoms. The summed E-state index contributed by atoms with van der Waals surface area (Å²) in [4.78, 5) is 6.16. The zero-order chi connectivity index (χ0) is 10.1. The second kappa shape index (κ2) is 3.18. The summed E-state index contributed by atoms with van der Waals surface area (Å²) in [7, 11) is 0. The van der Waals surface area contributed by atoms with Crippen LogP contribution in [0.25, 0.3) is 0 Å². The van der Waals surface area contributed by atoms with Crippen LogP contribution in [0, 0.1) is 11.3 Å². The molecular weight excluding hydrogens is 207 g/mol. The fourth-order valence-corrected chi connectivity index (χ4v) is 0.807. The van der Waals surface area contributed by atoms with E-state index >= 15 is 0 Å². The predicted octanol–water partition coefficient (Wildman–Crippen LogP) is 2.02. The summed E-state index contributed by atoms with van der Waals surface area (Å²) in [6.45, 7) is 0. The Morgan fingerprint density at radius 1 is 1.46 bits per heavy atom. The van der Waals surface area contributed by atoms with Crippen molar-refractivity contribution in [3.8, 4) is 6.07 Å². The van der Waals surface area contributed by atoms with Gasteiger partial charge in [0.15, 0.2) is 16.5 Å². The van der Waals surface area contributed by atoms with Crippen molar-refractivity contribution < 1.29 is 13.2 Å². The van der Waals surface area contributed by atoms with Gasteiger partial charge in [0, 0.05) is 0 Å². The first-order valence-corrected chi connectivity index (χ1v) is 3.33. The molecule has 7 heteroatoms. The van der Waals surface area contributed by atoms with Crippen LogP contribution in [0.15, 0.2) is 6.20 Å². The number of nitriles is 1. The molecule has 13 heavy (non-hydrogen) atoms. The number of hydrogen-bond donors (Lipinski definition) is 0. The van der Waals surface area contributed by atoms with Crippen LogP contribution in [0.4, 0.5) is 13.2 Å². The molecule has 0 fully saturated rings. The Labute approximate surface area is 75.8 Å². The molecule has 1 rings (SSSR count). The SMILES string of the molecule is N#Cc1cnc(Cl)c(C(F)(F)F)n1. The summed E-state index contributed by atoms with van der Waals surface area (Å²) in [5, 5.41) is 7.50. The summed E-state index contributed by atoms with van der Waals surface area (Å²) >= 11 is 5.13. The van der Waals surface area contributed by atoms with Gasteiger partial charge in [0.2, 0.25) is 0 Å². The Bertz CT molecular complexity index is 368. The highest BCUT2D eigenvalue weighted by atomic mass is 35.5. The first-order chi connectivity index (χ1) is 5.95. The van der Waals surface area contributed by atoms with E-state index in [9.17, 15) is 13.2 Å². The highest BCUT2D eigenvalue weighted by Gasteiger charge is 2.36. The van der Waals surface area contributed by atoms with Crippen molar-refractivity contribution in [2.45, 2.75) is 6.18 Å². The van der Waals surface area contributed by atoms with Gasteiger partial charge in [0.25, 0.3) is 0 Å². The monoisotopic (exact) mass is 207 g/mol. The average Bonchev–Trinajstić information content (AvgIpc) is 2.03. The molecule has 0 atom stereocenters. The van der Waals surface area contributed by atoms with Crippen LogP contribution >= 0.6 is 11.6 Å². The Morgan fingerprint density at radius 3 is 2.54 bits per heavy atom. The number of nitrogens with zero attached hydrogens (tertiary/aromatic N) is 3. The molecule has 1 heterocycles. The standard InChI is InChI=1S/C6HClF3N3/c7-5-4(6(8,9)10)13-3(1-11)2-12-5/h2H. The molecule has 0 aliphatic carbocycles. The maximum absolute atomic E-state index is 12.1. The summed E-state index contributed by atoms with van der Waals surface area (Å²) in [6.07, 6.45) is -3.81. The maximum Gasteiger partial charge on any atom is 0.436 e. The van der Waals surface area contributed by atoms with E-state index < -0.39 is 22.7 Å². The van der Waals surface area contributed by atoms with Gasteiger partial charge in [-0.1, -0.05) is 11.6 Å². The third-order valence-electron chi connectivity index (χ3n) is 1.11. The van der Waals surface area contributed by atoms with Crippen LogP contribution in [0.2, 0.25) is 5.15 Å². The lowest BCUT2D eigenvalue weighted by Gasteiger charge is -2.05. The normalized spacial score (nSPS) is 11.0. The lowest BCUT2D eigenvalue weighted by molar-refractivity contribution is -0.141. The lowest BCUT2D eigenvalue weighted by Crippen LogP contribution is -2.10. The van der Waals surface area contributed by atoms with Gasteiger partial charge in [-0.3, -0.25) is 0 Å².